The zero-order valence-electron chi connectivity index (χ0n) is 17.4. The van der Waals surface area contributed by atoms with Gasteiger partial charge in [-0.1, -0.05) is 23.7 Å². The number of H-pyrrole nitrogens is 1. The van der Waals surface area contributed by atoms with E-state index in [9.17, 15) is 14.4 Å². The first kappa shape index (κ1) is 21.9. The van der Waals surface area contributed by atoms with E-state index in [0.717, 1.165) is 18.4 Å². The number of carbonyl (C=O) groups excluding carboxylic acids is 3. The number of hydrogen-bond acceptors (Lipinski definition) is 4. The summed E-state index contributed by atoms with van der Waals surface area (Å²) >= 11 is 5.99. The minimum atomic E-state index is -0.475. The quantitative estimate of drug-likeness (QED) is 0.711. The summed E-state index contributed by atoms with van der Waals surface area (Å²) in [7, 11) is 1.31. The second kappa shape index (κ2) is 9.34. The molecule has 7 nitrogen and oxygen atoms in total. The molecule has 0 aliphatic carbocycles. The number of nitrogens with zero attached hydrogens (tertiary/aromatic N) is 1. The van der Waals surface area contributed by atoms with Crippen molar-refractivity contribution in [2.24, 2.45) is 5.92 Å². The number of rotatable bonds is 5. The molecule has 2 amide bonds. The molecule has 0 spiro atoms. The molecule has 0 radical (unpaired) electrons. The molecule has 0 saturated carbocycles. The molecule has 1 saturated heterocycles. The number of benzene rings is 1. The molecular weight excluding hydrogens is 406 g/mol. The maximum absolute atomic E-state index is 13.1. The van der Waals surface area contributed by atoms with Crippen LogP contribution in [0.2, 0.25) is 5.02 Å². The molecule has 2 N–H and O–H groups in total. The van der Waals surface area contributed by atoms with Gasteiger partial charge >= 0.3 is 5.97 Å². The van der Waals surface area contributed by atoms with Crippen molar-refractivity contribution < 1.29 is 19.1 Å². The predicted molar refractivity (Wildman–Crippen MR) is 114 cm³/mol. The van der Waals surface area contributed by atoms with Crippen LogP contribution in [0.3, 0.4) is 0 Å². The van der Waals surface area contributed by atoms with E-state index in [4.69, 9.17) is 16.3 Å². The zero-order valence-corrected chi connectivity index (χ0v) is 18.1. The van der Waals surface area contributed by atoms with Crippen molar-refractivity contribution >= 4 is 29.4 Å². The molecule has 8 heteroatoms. The Bertz CT molecular complexity index is 969. The third-order valence-electron chi connectivity index (χ3n) is 5.48. The molecule has 0 bridgehead atoms. The molecular formula is C22H26ClN3O4. The van der Waals surface area contributed by atoms with E-state index in [2.05, 4.69) is 10.3 Å². The van der Waals surface area contributed by atoms with E-state index in [0.29, 0.717) is 47.2 Å². The Kier molecular flexibility index (Phi) is 6.82. The molecule has 1 aliphatic rings. The van der Waals surface area contributed by atoms with Crippen LogP contribution >= 0.6 is 11.6 Å². The Morgan fingerprint density at radius 1 is 1.30 bits per heavy atom. The lowest BCUT2D eigenvalue weighted by atomic mass is 9.96. The van der Waals surface area contributed by atoms with Gasteiger partial charge in [0.15, 0.2) is 0 Å². The zero-order chi connectivity index (χ0) is 21.8. The number of carbonyl (C=O) groups is 3. The number of aryl methyl sites for hydroxylation is 1. The van der Waals surface area contributed by atoms with E-state index in [1.807, 2.05) is 18.2 Å². The molecule has 2 aromatic rings. The molecule has 1 aromatic carbocycles. The van der Waals surface area contributed by atoms with Gasteiger partial charge in [0, 0.05) is 30.4 Å². The number of likely N-dealkylation sites (tertiary alicyclic amines) is 1. The molecule has 1 fully saturated rings. The second-order valence-electron chi connectivity index (χ2n) is 7.55. The lowest BCUT2D eigenvalue weighted by Crippen LogP contribution is -2.45. The summed E-state index contributed by atoms with van der Waals surface area (Å²) in [5.74, 6) is -1.05. The van der Waals surface area contributed by atoms with Crippen LogP contribution in [-0.4, -0.2) is 47.9 Å². The van der Waals surface area contributed by atoms with Crippen molar-refractivity contribution in [3.63, 3.8) is 0 Å². The van der Waals surface area contributed by atoms with Crippen LogP contribution < -0.4 is 5.32 Å². The van der Waals surface area contributed by atoms with Gasteiger partial charge < -0.3 is 19.9 Å². The van der Waals surface area contributed by atoms with E-state index in [1.54, 1.807) is 24.8 Å². The summed E-state index contributed by atoms with van der Waals surface area (Å²) in [5.41, 5.74) is 2.83. The van der Waals surface area contributed by atoms with Crippen LogP contribution in [0.15, 0.2) is 24.3 Å². The number of halogens is 1. The van der Waals surface area contributed by atoms with Gasteiger partial charge in [0.05, 0.1) is 18.6 Å². The maximum atomic E-state index is 13.1. The van der Waals surface area contributed by atoms with Gasteiger partial charge in [0.25, 0.3) is 5.91 Å². The number of esters is 1. The van der Waals surface area contributed by atoms with Crippen LogP contribution in [0.1, 0.15) is 50.5 Å². The van der Waals surface area contributed by atoms with Gasteiger partial charge in [-0.15, -0.1) is 0 Å². The highest BCUT2D eigenvalue weighted by Gasteiger charge is 2.31. The van der Waals surface area contributed by atoms with Crippen molar-refractivity contribution in [3.05, 3.63) is 57.4 Å². The first-order valence-corrected chi connectivity index (χ1v) is 10.3. The monoisotopic (exact) mass is 431 g/mol. The Balaban J connectivity index is 1.66. The van der Waals surface area contributed by atoms with E-state index in [-0.39, 0.29) is 17.7 Å². The molecule has 1 atom stereocenters. The molecule has 3 rings (SSSR count). The fraction of sp³-hybridized carbons (Fsp3) is 0.409. The van der Waals surface area contributed by atoms with E-state index < -0.39 is 5.97 Å². The van der Waals surface area contributed by atoms with Crippen LogP contribution in [0.4, 0.5) is 0 Å². The highest BCUT2D eigenvalue weighted by Crippen LogP contribution is 2.24. The number of nitrogens with one attached hydrogen (secondary N) is 2. The number of ether oxygens (including phenoxy) is 1. The predicted octanol–water partition coefficient (Wildman–Crippen LogP) is 3.24. The number of methoxy groups -OCH3 is 1. The lowest BCUT2D eigenvalue weighted by molar-refractivity contribution is -0.126. The topological polar surface area (TPSA) is 91.5 Å². The number of aromatic amines is 1. The van der Waals surface area contributed by atoms with E-state index in [1.165, 1.54) is 7.11 Å². The van der Waals surface area contributed by atoms with Crippen molar-refractivity contribution in [2.75, 3.05) is 20.2 Å². The normalized spacial score (nSPS) is 16.3. The standard InChI is InChI=1S/C22H26ClN3O4/c1-13-18(22(29)30-3)14(2)25-19(13)21(28)26-9-5-7-16(12-26)20(27)24-11-15-6-4-8-17(23)10-15/h4,6,8,10,16,25H,5,7,9,11-12H2,1-3H3,(H,24,27). The first-order chi connectivity index (χ1) is 14.3. The Hall–Kier alpha value is -2.80. The second-order valence-corrected chi connectivity index (χ2v) is 7.99. The molecule has 30 heavy (non-hydrogen) atoms. The summed E-state index contributed by atoms with van der Waals surface area (Å²) in [6, 6.07) is 7.34. The summed E-state index contributed by atoms with van der Waals surface area (Å²) in [4.78, 5) is 42.4. The number of hydrogen-bond donors (Lipinski definition) is 2. The van der Waals surface area contributed by atoms with E-state index >= 15 is 0 Å². The number of piperidine rings is 1. The average molecular weight is 432 g/mol. The Morgan fingerprint density at radius 3 is 2.77 bits per heavy atom. The lowest BCUT2D eigenvalue weighted by Gasteiger charge is -2.32. The Morgan fingerprint density at radius 2 is 2.07 bits per heavy atom. The van der Waals surface area contributed by atoms with Crippen molar-refractivity contribution in [3.8, 4) is 0 Å². The molecule has 1 aliphatic heterocycles. The number of aromatic nitrogens is 1. The minimum absolute atomic E-state index is 0.0814. The van der Waals surface area contributed by atoms with Crippen molar-refractivity contribution in [1.29, 1.82) is 0 Å². The highest BCUT2D eigenvalue weighted by molar-refractivity contribution is 6.30. The number of amides is 2. The van der Waals surface area contributed by atoms with Gasteiger partial charge in [-0.2, -0.15) is 0 Å². The Labute approximate surface area is 180 Å². The van der Waals surface area contributed by atoms with Gasteiger partial charge in [-0.3, -0.25) is 9.59 Å². The molecule has 2 heterocycles. The smallest absolute Gasteiger partial charge is 0.339 e. The van der Waals surface area contributed by atoms with Gasteiger partial charge in [0.2, 0.25) is 5.91 Å². The summed E-state index contributed by atoms with van der Waals surface area (Å²) in [6.07, 6.45) is 1.46. The SMILES string of the molecule is COC(=O)c1c(C)[nH]c(C(=O)N2CCCC(C(=O)NCc3cccc(Cl)c3)C2)c1C. The minimum Gasteiger partial charge on any atom is -0.465 e. The summed E-state index contributed by atoms with van der Waals surface area (Å²) in [5, 5.41) is 3.56. The summed E-state index contributed by atoms with van der Waals surface area (Å²) < 4.78 is 4.81. The maximum Gasteiger partial charge on any atom is 0.339 e. The van der Waals surface area contributed by atoms with Gasteiger partial charge in [0.1, 0.15) is 5.69 Å². The first-order valence-electron chi connectivity index (χ1n) is 9.90. The van der Waals surface area contributed by atoms with Crippen molar-refractivity contribution in [1.82, 2.24) is 15.2 Å². The third kappa shape index (κ3) is 4.67. The van der Waals surface area contributed by atoms with Crippen molar-refractivity contribution in [2.45, 2.75) is 33.2 Å². The fourth-order valence-electron chi connectivity index (χ4n) is 3.89. The highest BCUT2D eigenvalue weighted by atomic mass is 35.5. The van der Waals surface area contributed by atoms with Crippen LogP contribution in [-0.2, 0) is 16.1 Å². The largest absolute Gasteiger partial charge is 0.465 e. The molecule has 1 unspecified atom stereocenters. The fourth-order valence-corrected chi connectivity index (χ4v) is 4.10. The van der Waals surface area contributed by atoms with Gasteiger partial charge in [-0.25, -0.2) is 4.79 Å². The van der Waals surface area contributed by atoms with Crippen LogP contribution in [0, 0.1) is 19.8 Å². The molecule has 1 aromatic heterocycles. The molecule has 160 valence electrons. The summed E-state index contributed by atoms with van der Waals surface area (Å²) in [6.45, 7) is 4.76. The van der Waals surface area contributed by atoms with Gasteiger partial charge in [-0.05, 0) is 49.9 Å². The van der Waals surface area contributed by atoms with Crippen LogP contribution in [0.25, 0.3) is 0 Å². The van der Waals surface area contributed by atoms with Crippen LogP contribution in [0.5, 0.6) is 0 Å². The average Bonchev–Trinajstić information content (AvgIpc) is 3.05. The third-order valence-corrected chi connectivity index (χ3v) is 5.71.